The van der Waals surface area contributed by atoms with Crippen LogP contribution in [0.25, 0.3) is 0 Å². The van der Waals surface area contributed by atoms with E-state index in [1.165, 1.54) is 19.3 Å². The molecule has 0 bridgehead atoms. The zero-order valence-electron chi connectivity index (χ0n) is 14.6. The van der Waals surface area contributed by atoms with Crippen LogP contribution in [0.4, 0.5) is 4.79 Å². The van der Waals surface area contributed by atoms with Crippen molar-refractivity contribution >= 4 is 11.9 Å². The lowest BCUT2D eigenvalue weighted by atomic mass is 9.95. The molecule has 3 amide bonds. The molecule has 1 aromatic heterocycles. The fourth-order valence-corrected chi connectivity index (χ4v) is 4.33. The summed E-state index contributed by atoms with van der Waals surface area (Å²) in [7, 11) is 0. The minimum Gasteiger partial charge on any atom is -0.335 e. The van der Waals surface area contributed by atoms with E-state index >= 15 is 0 Å². The molecule has 2 aliphatic heterocycles. The molecule has 1 saturated heterocycles. The third kappa shape index (κ3) is 3.34. The maximum Gasteiger partial charge on any atom is 0.317 e. The van der Waals surface area contributed by atoms with Gasteiger partial charge >= 0.3 is 6.03 Å². The summed E-state index contributed by atoms with van der Waals surface area (Å²) in [6.07, 6.45) is 9.38. The van der Waals surface area contributed by atoms with E-state index in [9.17, 15) is 9.59 Å². The third-order valence-corrected chi connectivity index (χ3v) is 5.83. The number of carbonyl (C=O) groups is 2. The minimum absolute atomic E-state index is 0.0723. The standard InChI is InChI=1S/C19H26N4O2/c24-18-16-7-4-10-20-17(16)13-23(18)15-8-11-22(12-9-15)19(25)21-14-5-2-1-3-6-14/h4,7,10,14-15H,1-3,5-6,8-9,11-13H2,(H,21,25). The summed E-state index contributed by atoms with van der Waals surface area (Å²) in [5.74, 6) is 0.0909. The smallest absolute Gasteiger partial charge is 0.317 e. The summed E-state index contributed by atoms with van der Waals surface area (Å²) in [6, 6.07) is 4.30. The van der Waals surface area contributed by atoms with Crippen LogP contribution in [0, 0.1) is 0 Å². The Morgan fingerprint density at radius 1 is 1.12 bits per heavy atom. The molecule has 1 N–H and O–H groups in total. The number of amides is 3. The van der Waals surface area contributed by atoms with Gasteiger partial charge in [0, 0.05) is 31.4 Å². The highest BCUT2D eigenvalue weighted by Crippen LogP contribution is 2.27. The van der Waals surface area contributed by atoms with Crippen molar-refractivity contribution in [1.82, 2.24) is 20.1 Å². The number of urea groups is 1. The summed E-state index contributed by atoms with van der Waals surface area (Å²) in [4.78, 5) is 33.2. The number of hydrogen-bond acceptors (Lipinski definition) is 3. The van der Waals surface area contributed by atoms with E-state index < -0.39 is 0 Å². The van der Waals surface area contributed by atoms with Gasteiger partial charge in [-0.2, -0.15) is 0 Å². The Morgan fingerprint density at radius 3 is 2.60 bits per heavy atom. The number of nitrogens with zero attached hydrogens (tertiary/aromatic N) is 3. The number of fused-ring (bicyclic) bond motifs is 1. The van der Waals surface area contributed by atoms with Crippen molar-refractivity contribution in [1.29, 1.82) is 0 Å². The summed E-state index contributed by atoms with van der Waals surface area (Å²) < 4.78 is 0. The van der Waals surface area contributed by atoms with Gasteiger partial charge in [-0.25, -0.2) is 4.79 Å². The molecular weight excluding hydrogens is 316 g/mol. The van der Waals surface area contributed by atoms with Crippen LogP contribution in [0.1, 0.15) is 61.0 Å². The molecule has 4 rings (SSSR count). The molecule has 134 valence electrons. The van der Waals surface area contributed by atoms with Crippen molar-refractivity contribution in [3.05, 3.63) is 29.6 Å². The van der Waals surface area contributed by atoms with Crippen molar-refractivity contribution in [2.45, 2.75) is 63.6 Å². The van der Waals surface area contributed by atoms with Gasteiger partial charge in [0.2, 0.25) is 0 Å². The monoisotopic (exact) mass is 342 g/mol. The number of nitrogens with one attached hydrogen (secondary N) is 1. The van der Waals surface area contributed by atoms with Crippen molar-refractivity contribution in [3.63, 3.8) is 0 Å². The van der Waals surface area contributed by atoms with E-state index in [1.54, 1.807) is 6.20 Å². The highest BCUT2D eigenvalue weighted by molar-refractivity contribution is 5.97. The summed E-state index contributed by atoms with van der Waals surface area (Å²) in [6.45, 7) is 2.04. The van der Waals surface area contributed by atoms with Gasteiger partial charge in [0.1, 0.15) is 0 Å². The van der Waals surface area contributed by atoms with Crippen LogP contribution >= 0.6 is 0 Å². The summed E-state index contributed by atoms with van der Waals surface area (Å²) in [5, 5.41) is 3.19. The normalized spacial score (nSPS) is 22.2. The fourth-order valence-electron chi connectivity index (χ4n) is 4.33. The van der Waals surface area contributed by atoms with Gasteiger partial charge in [-0.05, 0) is 37.8 Å². The molecule has 0 spiro atoms. The Hall–Kier alpha value is -2.11. The van der Waals surface area contributed by atoms with E-state index in [1.807, 2.05) is 21.9 Å². The minimum atomic E-state index is 0.0723. The Balaban J connectivity index is 1.30. The van der Waals surface area contributed by atoms with Crippen LogP contribution in [0.2, 0.25) is 0 Å². The number of aromatic nitrogens is 1. The molecule has 0 unspecified atom stereocenters. The van der Waals surface area contributed by atoms with Crippen LogP contribution in [-0.2, 0) is 6.54 Å². The fraction of sp³-hybridized carbons (Fsp3) is 0.632. The van der Waals surface area contributed by atoms with Crippen LogP contribution in [0.3, 0.4) is 0 Å². The van der Waals surface area contributed by atoms with Crippen molar-refractivity contribution in [2.24, 2.45) is 0 Å². The molecule has 25 heavy (non-hydrogen) atoms. The average Bonchev–Trinajstić information content (AvgIpc) is 3.00. The van der Waals surface area contributed by atoms with Crippen molar-refractivity contribution in [2.75, 3.05) is 13.1 Å². The van der Waals surface area contributed by atoms with Crippen molar-refractivity contribution < 1.29 is 9.59 Å². The van der Waals surface area contributed by atoms with E-state index in [0.717, 1.165) is 50.0 Å². The molecule has 6 heteroatoms. The second kappa shape index (κ2) is 7.02. The zero-order valence-corrected chi connectivity index (χ0v) is 14.6. The predicted octanol–water partition coefficient (Wildman–Crippen LogP) is 2.54. The first-order valence-electron chi connectivity index (χ1n) is 9.52. The molecule has 6 nitrogen and oxygen atoms in total. The van der Waals surface area contributed by atoms with Gasteiger partial charge in [0.25, 0.3) is 5.91 Å². The number of piperidine rings is 1. The highest BCUT2D eigenvalue weighted by Gasteiger charge is 2.35. The molecule has 0 radical (unpaired) electrons. The second-order valence-electron chi connectivity index (χ2n) is 7.43. The molecule has 1 saturated carbocycles. The highest BCUT2D eigenvalue weighted by atomic mass is 16.2. The number of hydrogen-bond donors (Lipinski definition) is 1. The number of likely N-dealkylation sites (tertiary alicyclic amines) is 1. The van der Waals surface area contributed by atoms with E-state index in [4.69, 9.17) is 0 Å². The van der Waals surface area contributed by atoms with Crippen LogP contribution in [-0.4, -0.2) is 51.9 Å². The molecule has 1 aromatic rings. The molecule has 2 fully saturated rings. The van der Waals surface area contributed by atoms with Crippen LogP contribution < -0.4 is 5.32 Å². The zero-order chi connectivity index (χ0) is 17.2. The third-order valence-electron chi connectivity index (χ3n) is 5.83. The van der Waals surface area contributed by atoms with E-state index in [0.29, 0.717) is 12.6 Å². The maximum atomic E-state index is 12.6. The average molecular weight is 342 g/mol. The Labute approximate surface area is 148 Å². The lowest BCUT2D eigenvalue weighted by molar-refractivity contribution is 0.0619. The molecule has 0 aromatic carbocycles. The Kier molecular flexibility index (Phi) is 4.59. The van der Waals surface area contributed by atoms with Gasteiger partial charge in [-0.15, -0.1) is 0 Å². The first-order valence-corrected chi connectivity index (χ1v) is 9.52. The summed E-state index contributed by atoms with van der Waals surface area (Å²) >= 11 is 0. The van der Waals surface area contributed by atoms with Gasteiger partial charge < -0.3 is 15.1 Å². The maximum absolute atomic E-state index is 12.6. The van der Waals surface area contributed by atoms with Gasteiger partial charge in [-0.3, -0.25) is 9.78 Å². The number of pyridine rings is 1. The van der Waals surface area contributed by atoms with E-state index in [-0.39, 0.29) is 18.0 Å². The molecule has 1 aliphatic carbocycles. The van der Waals surface area contributed by atoms with Crippen LogP contribution in [0.5, 0.6) is 0 Å². The summed E-state index contributed by atoms with van der Waals surface area (Å²) in [5.41, 5.74) is 1.62. The number of carbonyl (C=O) groups excluding carboxylic acids is 2. The topological polar surface area (TPSA) is 65.5 Å². The SMILES string of the molecule is O=C(NC1CCCCC1)N1CCC(N2Cc3ncccc3C2=O)CC1. The second-order valence-corrected chi connectivity index (χ2v) is 7.43. The Bertz CT molecular complexity index is 649. The lowest BCUT2D eigenvalue weighted by Gasteiger charge is -2.37. The van der Waals surface area contributed by atoms with E-state index in [2.05, 4.69) is 10.3 Å². The van der Waals surface area contributed by atoms with Gasteiger partial charge in [0.15, 0.2) is 0 Å². The molecule has 0 atom stereocenters. The van der Waals surface area contributed by atoms with Gasteiger partial charge in [-0.1, -0.05) is 19.3 Å². The first kappa shape index (κ1) is 16.4. The quantitative estimate of drug-likeness (QED) is 0.898. The predicted molar refractivity (Wildman–Crippen MR) is 94.1 cm³/mol. The largest absolute Gasteiger partial charge is 0.335 e. The Morgan fingerprint density at radius 2 is 1.88 bits per heavy atom. The molecular formula is C19H26N4O2. The molecule has 3 heterocycles. The first-order chi connectivity index (χ1) is 12.2. The molecule has 3 aliphatic rings. The van der Waals surface area contributed by atoms with Gasteiger partial charge in [0.05, 0.1) is 17.8 Å². The van der Waals surface area contributed by atoms with Crippen LogP contribution in [0.15, 0.2) is 18.3 Å². The van der Waals surface area contributed by atoms with Crippen molar-refractivity contribution in [3.8, 4) is 0 Å². The number of rotatable bonds is 2. The lowest BCUT2D eigenvalue weighted by Crippen LogP contribution is -2.51.